The number of amides is 1. The first kappa shape index (κ1) is 15.8. The molecular weight excluding hydrogens is 248 g/mol. The zero-order valence-electron chi connectivity index (χ0n) is 13.7. The lowest BCUT2D eigenvalue weighted by molar-refractivity contribution is -0.128. The van der Waals surface area contributed by atoms with Crippen LogP contribution in [-0.2, 0) is 4.79 Å². The molecule has 1 aliphatic carbocycles. The van der Waals surface area contributed by atoms with Gasteiger partial charge in [0.2, 0.25) is 5.91 Å². The van der Waals surface area contributed by atoms with E-state index >= 15 is 0 Å². The van der Waals surface area contributed by atoms with E-state index in [-0.39, 0.29) is 0 Å². The van der Waals surface area contributed by atoms with Crippen molar-refractivity contribution in [1.82, 2.24) is 10.2 Å². The number of nitrogens with zero attached hydrogens (tertiary/aromatic N) is 1. The van der Waals surface area contributed by atoms with E-state index in [2.05, 4.69) is 33.0 Å². The highest BCUT2D eigenvalue weighted by molar-refractivity contribution is 5.78. The van der Waals surface area contributed by atoms with Crippen LogP contribution in [0.3, 0.4) is 0 Å². The monoisotopic (exact) mass is 280 g/mol. The second-order valence-electron chi connectivity index (χ2n) is 7.44. The predicted molar refractivity (Wildman–Crippen MR) is 83.5 cm³/mol. The summed E-state index contributed by atoms with van der Waals surface area (Å²) in [6.07, 6.45) is 5.81. The molecule has 2 aliphatic rings. The molecule has 0 aromatic carbocycles. The highest BCUT2D eigenvalue weighted by Crippen LogP contribution is 2.33. The van der Waals surface area contributed by atoms with Crippen LogP contribution >= 0.6 is 0 Å². The number of hydrogen-bond acceptors (Lipinski definition) is 2. The third kappa shape index (κ3) is 3.97. The van der Waals surface area contributed by atoms with Crippen LogP contribution in [-0.4, -0.2) is 36.0 Å². The first-order valence-electron chi connectivity index (χ1n) is 8.51. The van der Waals surface area contributed by atoms with Gasteiger partial charge in [0.25, 0.3) is 0 Å². The van der Waals surface area contributed by atoms with Gasteiger partial charge in [0.15, 0.2) is 0 Å². The van der Waals surface area contributed by atoms with E-state index in [1.54, 1.807) is 0 Å². The second kappa shape index (κ2) is 6.93. The van der Waals surface area contributed by atoms with E-state index < -0.39 is 0 Å². The molecular formula is C17H32N2O. The van der Waals surface area contributed by atoms with E-state index in [1.165, 1.54) is 19.3 Å². The Kier molecular flexibility index (Phi) is 5.48. The van der Waals surface area contributed by atoms with Gasteiger partial charge in [-0.25, -0.2) is 0 Å². The second-order valence-corrected chi connectivity index (χ2v) is 7.44. The highest BCUT2D eigenvalue weighted by Gasteiger charge is 2.32. The largest absolute Gasteiger partial charge is 0.341 e. The number of carbonyl (C=O) groups excluding carboxylic acids is 1. The van der Waals surface area contributed by atoms with E-state index in [4.69, 9.17) is 0 Å². The van der Waals surface area contributed by atoms with Crippen LogP contribution in [0, 0.1) is 17.8 Å². The average molecular weight is 280 g/mol. The zero-order chi connectivity index (χ0) is 14.7. The van der Waals surface area contributed by atoms with Gasteiger partial charge in [-0.1, -0.05) is 27.2 Å². The van der Waals surface area contributed by atoms with Gasteiger partial charge >= 0.3 is 0 Å². The first-order chi connectivity index (χ1) is 9.47. The van der Waals surface area contributed by atoms with E-state index in [9.17, 15) is 4.79 Å². The Morgan fingerprint density at radius 3 is 2.65 bits per heavy atom. The molecule has 2 rings (SSSR count). The van der Waals surface area contributed by atoms with Crippen molar-refractivity contribution in [3.05, 3.63) is 0 Å². The normalized spacial score (nSPS) is 33.0. The Hall–Kier alpha value is -0.570. The molecule has 4 atom stereocenters. The van der Waals surface area contributed by atoms with Crippen molar-refractivity contribution in [1.29, 1.82) is 0 Å². The Morgan fingerprint density at radius 2 is 2.05 bits per heavy atom. The van der Waals surface area contributed by atoms with Crippen LogP contribution in [0.1, 0.15) is 59.8 Å². The molecule has 0 aromatic heterocycles. The quantitative estimate of drug-likeness (QED) is 0.839. The lowest BCUT2D eigenvalue weighted by Gasteiger charge is -2.40. The fourth-order valence-electron chi connectivity index (χ4n) is 4.04. The van der Waals surface area contributed by atoms with Crippen molar-refractivity contribution in [3.63, 3.8) is 0 Å². The van der Waals surface area contributed by atoms with Crippen molar-refractivity contribution >= 4 is 5.91 Å². The summed E-state index contributed by atoms with van der Waals surface area (Å²) in [5.41, 5.74) is 0. The van der Waals surface area contributed by atoms with E-state index in [1.807, 2.05) is 4.90 Å². The molecule has 0 aromatic rings. The zero-order valence-corrected chi connectivity index (χ0v) is 13.7. The molecule has 1 amide bonds. The maximum Gasteiger partial charge on any atom is 0.222 e. The Labute approximate surface area is 124 Å². The lowest BCUT2D eigenvalue weighted by atomic mass is 9.74. The third-order valence-corrected chi connectivity index (χ3v) is 5.19. The van der Waals surface area contributed by atoms with Crippen LogP contribution in [0.5, 0.6) is 0 Å². The standard InChI is InChI=1S/C17H32N2O/c1-12(2)15-8-7-13(3)10-16(15)18-14(4)11-19-9-5-6-17(19)20/h12-16,18H,5-11H2,1-4H3. The van der Waals surface area contributed by atoms with Crippen molar-refractivity contribution in [3.8, 4) is 0 Å². The van der Waals surface area contributed by atoms with Gasteiger partial charge in [0, 0.05) is 31.6 Å². The number of hydrogen-bond donors (Lipinski definition) is 1. The molecule has 4 unspecified atom stereocenters. The van der Waals surface area contributed by atoms with Gasteiger partial charge < -0.3 is 10.2 Å². The van der Waals surface area contributed by atoms with E-state index in [0.717, 1.165) is 43.7 Å². The highest BCUT2D eigenvalue weighted by atomic mass is 16.2. The smallest absolute Gasteiger partial charge is 0.222 e. The molecule has 0 bridgehead atoms. The summed E-state index contributed by atoms with van der Waals surface area (Å²) in [6, 6.07) is 1.04. The van der Waals surface area contributed by atoms with Gasteiger partial charge in [0.1, 0.15) is 0 Å². The number of likely N-dealkylation sites (tertiary alicyclic amines) is 1. The Morgan fingerprint density at radius 1 is 1.30 bits per heavy atom. The van der Waals surface area contributed by atoms with Crippen LogP contribution in [0.4, 0.5) is 0 Å². The molecule has 1 aliphatic heterocycles. The summed E-state index contributed by atoms with van der Waals surface area (Å²) in [5.74, 6) is 2.72. The van der Waals surface area contributed by atoms with Crippen molar-refractivity contribution in [2.45, 2.75) is 71.9 Å². The van der Waals surface area contributed by atoms with Crippen LogP contribution in [0.2, 0.25) is 0 Å². The van der Waals surface area contributed by atoms with Gasteiger partial charge in [-0.05, 0) is 43.9 Å². The molecule has 20 heavy (non-hydrogen) atoms. The average Bonchev–Trinajstić information content (AvgIpc) is 2.74. The number of rotatable bonds is 5. The Balaban J connectivity index is 1.87. The predicted octanol–water partition coefficient (Wildman–Crippen LogP) is 3.05. The van der Waals surface area contributed by atoms with Crippen molar-refractivity contribution < 1.29 is 4.79 Å². The van der Waals surface area contributed by atoms with Gasteiger partial charge in [-0.3, -0.25) is 4.79 Å². The molecule has 3 nitrogen and oxygen atoms in total. The first-order valence-corrected chi connectivity index (χ1v) is 8.51. The summed E-state index contributed by atoms with van der Waals surface area (Å²) in [6.45, 7) is 11.2. The molecule has 1 N–H and O–H groups in total. The fraction of sp³-hybridized carbons (Fsp3) is 0.941. The SMILES string of the molecule is CC1CCC(C(C)C)C(NC(C)CN2CCCC2=O)C1. The molecule has 2 fully saturated rings. The van der Waals surface area contributed by atoms with Crippen molar-refractivity contribution in [2.75, 3.05) is 13.1 Å². The summed E-state index contributed by atoms with van der Waals surface area (Å²) in [7, 11) is 0. The van der Waals surface area contributed by atoms with Gasteiger partial charge in [-0.2, -0.15) is 0 Å². The van der Waals surface area contributed by atoms with Crippen LogP contribution in [0.15, 0.2) is 0 Å². The maximum atomic E-state index is 11.7. The summed E-state index contributed by atoms with van der Waals surface area (Å²) in [5, 5.41) is 3.83. The molecule has 1 saturated carbocycles. The molecule has 1 heterocycles. The summed E-state index contributed by atoms with van der Waals surface area (Å²) in [4.78, 5) is 13.8. The fourth-order valence-corrected chi connectivity index (χ4v) is 4.04. The maximum absolute atomic E-state index is 11.7. The van der Waals surface area contributed by atoms with Crippen molar-refractivity contribution in [2.24, 2.45) is 17.8 Å². The number of carbonyl (C=O) groups is 1. The van der Waals surface area contributed by atoms with Gasteiger partial charge in [-0.15, -0.1) is 0 Å². The minimum Gasteiger partial charge on any atom is -0.341 e. The minimum atomic E-state index is 0.344. The Bertz CT molecular complexity index is 329. The summed E-state index contributed by atoms with van der Waals surface area (Å²) < 4.78 is 0. The third-order valence-electron chi connectivity index (χ3n) is 5.19. The topological polar surface area (TPSA) is 32.3 Å². The molecule has 1 saturated heterocycles. The molecule has 0 radical (unpaired) electrons. The minimum absolute atomic E-state index is 0.344. The number of nitrogens with one attached hydrogen (secondary N) is 1. The van der Waals surface area contributed by atoms with Crippen LogP contribution < -0.4 is 5.32 Å². The van der Waals surface area contributed by atoms with Crippen LogP contribution in [0.25, 0.3) is 0 Å². The molecule has 3 heteroatoms. The molecule has 116 valence electrons. The summed E-state index contributed by atoms with van der Waals surface area (Å²) >= 11 is 0. The van der Waals surface area contributed by atoms with E-state index in [0.29, 0.717) is 18.0 Å². The lowest BCUT2D eigenvalue weighted by Crippen LogP contribution is -2.50. The van der Waals surface area contributed by atoms with Gasteiger partial charge in [0.05, 0.1) is 0 Å². The molecule has 0 spiro atoms.